The number of phenols is 1. The third kappa shape index (κ3) is 3.05. The van der Waals surface area contributed by atoms with Crippen LogP contribution in [0, 0.1) is 0 Å². The molecule has 1 aromatic carbocycles. The van der Waals surface area contributed by atoms with E-state index in [1.165, 1.54) is 0 Å². The molecule has 0 aliphatic heterocycles. The molecule has 0 saturated carbocycles. The molecule has 66 valence electrons. The minimum Gasteiger partial charge on any atom is -0.504 e. The molecule has 1 aromatic rings. The lowest BCUT2D eigenvalue weighted by molar-refractivity contribution is -0.0979. The molecule has 0 spiro atoms. The SMILES string of the molecule is C=O.CCOc1ccccc1O. The molecule has 0 aliphatic rings. The summed E-state index contributed by atoms with van der Waals surface area (Å²) < 4.78 is 5.09. The summed E-state index contributed by atoms with van der Waals surface area (Å²) >= 11 is 0. The van der Waals surface area contributed by atoms with Gasteiger partial charge in [0.05, 0.1) is 6.61 Å². The molecule has 0 atom stereocenters. The molecule has 3 nitrogen and oxygen atoms in total. The molecule has 3 heteroatoms. The van der Waals surface area contributed by atoms with E-state index >= 15 is 0 Å². The van der Waals surface area contributed by atoms with E-state index in [1.54, 1.807) is 18.2 Å². The maximum Gasteiger partial charge on any atom is 0.160 e. The maximum atomic E-state index is 9.12. The Labute approximate surface area is 71.6 Å². The van der Waals surface area contributed by atoms with Gasteiger partial charge >= 0.3 is 0 Å². The lowest BCUT2D eigenvalue weighted by Crippen LogP contribution is -1.90. The van der Waals surface area contributed by atoms with Gasteiger partial charge in [-0.05, 0) is 19.1 Å². The molecule has 0 aromatic heterocycles. The molecular weight excluding hydrogens is 156 g/mol. The van der Waals surface area contributed by atoms with Gasteiger partial charge < -0.3 is 14.6 Å². The van der Waals surface area contributed by atoms with Crippen LogP contribution in [0.5, 0.6) is 11.5 Å². The zero-order valence-electron chi connectivity index (χ0n) is 6.99. The lowest BCUT2D eigenvalue weighted by Gasteiger charge is -2.02. The Morgan fingerprint density at radius 2 is 2.00 bits per heavy atom. The highest BCUT2D eigenvalue weighted by Gasteiger charge is 1.96. The molecule has 0 radical (unpaired) electrons. The summed E-state index contributed by atoms with van der Waals surface area (Å²) in [5.41, 5.74) is 0. The fourth-order valence-electron chi connectivity index (χ4n) is 0.735. The van der Waals surface area contributed by atoms with E-state index < -0.39 is 0 Å². The van der Waals surface area contributed by atoms with Crippen LogP contribution in [0.1, 0.15) is 6.92 Å². The molecule has 0 fully saturated rings. The van der Waals surface area contributed by atoms with Crippen molar-refractivity contribution in [1.82, 2.24) is 0 Å². The van der Waals surface area contributed by atoms with Crippen LogP contribution in [0.25, 0.3) is 0 Å². The van der Waals surface area contributed by atoms with Gasteiger partial charge in [-0.15, -0.1) is 0 Å². The molecule has 0 unspecified atom stereocenters. The van der Waals surface area contributed by atoms with Crippen molar-refractivity contribution in [3.8, 4) is 11.5 Å². The Kier molecular flexibility index (Phi) is 5.43. The third-order valence-electron chi connectivity index (χ3n) is 1.17. The van der Waals surface area contributed by atoms with Gasteiger partial charge in [0.1, 0.15) is 6.79 Å². The maximum absolute atomic E-state index is 9.12. The molecule has 0 heterocycles. The van der Waals surface area contributed by atoms with Gasteiger partial charge in [-0.3, -0.25) is 0 Å². The molecule has 0 bridgehead atoms. The first-order valence-corrected chi connectivity index (χ1v) is 3.54. The molecule has 0 saturated heterocycles. The van der Waals surface area contributed by atoms with Gasteiger partial charge in [0.15, 0.2) is 11.5 Å². The van der Waals surface area contributed by atoms with Crippen LogP contribution >= 0.6 is 0 Å². The Balaban J connectivity index is 0.000000561. The van der Waals surface area contributed by atoms with Crippen LogP contribution in [-0.2, 0) is 4.79 Å². The van der Waals surface area contributed by atoms with E-state index in [0.29, 0.717) is 12.4 Å². The van der Waals surface area contributed by atoms with E-state index in [0.717, 1.165) is 0 Å². The van der Waals surface area contributed by atoms with Crippen LogP contribution in [-0.4, -0.2) is 18.5 Å². The van der Waals surface area contributed by atoms with Gasteiger partial charge in [-0.1, -0.05) is 12.1 Å². The summed E-state index contributed by atoms with van der Waals surface area (Å²) in [5, 5.41) is 9.12. The second kappa shape index (κ2) is 6.22. The van der Waals surface area contributed by atoms with Crippen molar-refractivity contribution in [3.05, 3.63) is 24.3 Å². The molecule has 12 heavy (non-hydrogen) atoms. The van der Waals surface area contributed by atoms with Gasteiger partial charge in [0.25, 0.3) is 0 Å². The van der Waals surface area contributed by atoms with Crippen molar-refractivity contribution in [2.45, 2.75) is 6.92 Å². The van der Waals surface area contributed by atoms with Crippen LogP contribution < -0.4 is 4.74 Å². The second-order valence-electron chi connectivity index (χ2n) is 1.90. The molecule has 1 rings (SSSR count). The number of phenolic OH excluding ortho intramolecular Hbond substituents is 1. The van der Waals surface area contributed by atoms with E-state index in [-0.39, 0.29) is 5.75 Å². The lowest BCUT2D eigenvalue weighted by atomic mass is 10.3. The summed E-state index contributed by atoms with van der Waals surface area (Å²) in [6, 6.07) is 6.92. The summed E-state index contributed by atoms with van der Waals surface area (Å²) in [6.45, 7) is 4.46. The number of carbonyl (C=O) groups is 1. The minimum absolute atomic E-state index is 0.198. The minimum atomic E-state index is 0.198. The number of benzene rings is 1. The highest BCUT2D eigenvalue weighted by atomic mass is 16.5. The first-order chi connectivity index (χ1) is 5.84. The molecular formula is C9H12O3. The Bertz CT molecular complexity index is 223. The smallest absolute Gasteiger partial charge is 0.160 e. The van der Waals surface area contributed by atoms with Crippen molar-refractivity contribution in [2.75, 3.05) is 6.61 Å². The van der Waals surface area contributed by atoms with Gasteiger partial charge in [0.2, 0.25) is 0 Å². The van der Waals surface area contributed by atoms with Crippen LogP contribution in [0.2, 0.25) is 0 Å². The van der Waals surface area contributed by atoms with Crippen LogP contribution in [0.4, 0.5) is 0 Å². The average Bonchev–Trinajstić information content (AvgIpc) is 2.13. The standard InChI is InChI=1S/C8H10O2.CH2O/c1-2-10-8-6-4-3-5-7(8)9;1-2/h3-6,9H,2H2,1H3;1H2. The van der Waals surface area contributed by atoms with Crippen LogP contribution in [0.15, 0.2) is 24.3 Å². The number of carbonyl (C=O) groups excluding carboxylic acids is 1. The number of para-hydroxylation sites is 2. The van der Waals surface area contributed by atoms with Crippen molar-refractivity contribution in [1.29, 1.82) is 0 Å². The first kappa shape index (κ1) is 10.5. The van der Waals surface area contributed by atoms with E-state index in [9.17, 15) is 0 Å². The largest absolute Gasteiger partial charge is 0.504 e. The second-order valence-corrected chi connectivity index (χ2v) is 1.90. The predicted octanol–water partition coefficient (Wildman–Crippen LogP) is 1.61. The molecule has 0 amide bonds. The van der Waals surface area contributed by atoms with Crippen molar-refractivity contribution in [3.63, 3.8) is 0 Å². The summed E-state index contributed by atoms with van der Waals surface area (Å²) in [4.78, 5) is 8.00. The fraction of sp³-hybridized carbons (Fsp3) is 0.222. The normalized spacial score (nSPS) is 8.08. The summed E-state index contributed by atoms with van der Waals surface area (Å²) in [5.74, 6) is 0.745. The Hall–Kier alpha value is -1.51. The fourth-order valence-corrected chi connectivity index (χ4v) is 0.735. The summed E-state index contributed by atoms with van der Waals surface area (Å²) in [7, 11) is 0. The number of hydrogen-bond acceptors (Lipinski definition) is 3. The number of ether oxygens (including phenoxy) is 1. The van der Waals surface area contributed by atoms with Gasteiger partial charge in [-0.2, -0.15) is 0 Å². The topological polar surface area (TPSA) is 46.5 Å². The van der Waals surface area contributed by atoms with Gasteiger partial charge in [-0.25, -0.2) is 0 Å². The van der Waals surface area contributed by atoms with Crippen LogP contribution in [0.3, 0.4) is 0 Å². The Morgan fingerprint density at radius 3 is 2.50 bits per heavy atom. The van der Waals surface area contributed by atoms with E-state index in [1.807, 2.05) is 19.8 Å². The number of aromatic hydroxyl groups is 1. The van der Waals surface area contributed by atoms with Crippen molar-refractivity contribution >= 4 is 6.79 Å². The first-order valence-electron chi connectivity index (χ1n) is 3.54. The van der Waals surface area contributed by atoms with E-state index in [2.05, 4.69) is 0 Å². The molecule has 1 N–H and O–H groups in total. The van der Waals surface area contributed by atoms with E-state index in [4.69, 9.17) is 14.6 Å². The average molecular weight is 168 g/mol. The number of hydrogen-bond donors (Lipinski definition) is 1. The highest BCUT2D eigenvalue weighted by molar-refractivity contribution is 5.37. The van der Waals surface area contributed by atoms with Crippen molar-refractivity contribution in [2.24, 2.45) is 0 Å². The quantitative estimate of drug-likeness (QED) is 0.729. The third-order valence-corrected chi connectivity index (χ3v) is 1.17. The zero-order chi connectivity index (χ0) is 9.40. The number of rotatable bonds is 2. The molecule has 0 aliphatic carbocycles. The monoisotopic (exact) mass is 168 g/mol. The predicted molar refractivity (Wildman–Crippen MR) is 46.4 cm³/mol. The highest BCUT2D eigenvalue weighted by Crippen LogP contribution is 2.23. The van der Waals surface area contributed by atoms with Gasteiger partial charge in [0, 0.05) is 0 Å². The zero-order valence-corrected chi connectivity index (χ0v) is 6.99. The van der Waals surface area contributed by atoms with Crippen molar-refractivity contribution < 1.29 is 14.6 Å². The summed E-state index contributed by atoms with van der Waals surface area (Å²) in [6.07, 6.45) is 0. The Morgan fingerprint density at radius 1 is 1.42 bits per heavy atom.